The van der Waals surface area contributed by atoms with Crippen LogP contribution >= 0.6 is 0 Å². The molecule has 5 unspecified atom stereocenters. The lowest BCUT2D eigenvalue weighted by molar-refractivity contribution is 0.165. The molecule has 0 aromatic heterocycles. The fourth-order valence-electron chi connectivity index (χ4n) is 4.39. The quantitative estimate of drug-likeness (QED) is 0.530. The molecule has 0 amide bonds. The van der Waals surface area contributed by atoms with Crippen LogP contribution in [0.3, 0.4) is 0 Å². The zero-order chi connectivity index (χ0) is 8.29. The van der Waals surface area contributed by atoms with Gasteiger partial charge in [-0.25, -0.2) is 0 Å². The van der Waals surface area contributed by atoms with E-state index in [9.17, 15) is 0 Å². The van der Waals surface area contributed by atoms with E-state index in [0.29, 0.717) is 0 Å². The van der Waals surface area contributed by atoms with E-state index in [4.69, 9.17) is 0 Å². The van der Waals surface area contributed by atoms with Gasteiger partial charge in [0.25, 0.3) is 0 Å². The van der Waals surface area contributed by atoms with Crippen LogP contribution in [-0.4, -0.2) is 24.5 Å². The van der Waals surface area contributed by atoms with Gasteiger partial charge in [0.2, 0.25) is 0 Å². The van der Waals surface area contributed by atoms with Crippen molar-refractivity contribution in [3.05, 3.63) is 0 Å². The van der Waals surface area contributed by atoms with Gasteiger partial charge in [0, 0.05) is 12.6 Å². The lowest BCUT2D eigenvalue weighted by Gasteiger charge is -2.33. The van der Waals surface area contributed by atoms with Crippen molar-refractivity contribution < 1.29 is 0 Å². The summed E-state index contributed by atoms with van der Waals surface area (Å²) >= 11 is 0. The molecule has 68 valence electrons. The Morgan fingerprint density at radius 1 is 1.17 bits per heavy atom. The van der Waals surface area contributed by atoms with Crippen molar-refractivity contribution in [3.8, 4) is 0 Å². The summed E-state index contributed by atoms with van der Waals surface area (Å²) in [6.45, 7) is 3.89. The minimum absolute atomic E-state index is 0.953. The predicted octanol–water partition coefficient (Wildman–Crippen LogP) is 1.98. The van der Waals surface area contributed by atoms with E-state index in [1.54, 1.807) is 12.8 Å². The SMILES string of the molecule is CC1C2CN(C)C1C1CCC2C1. The molecule has 1 heteroatoms. The Morgan fingerprint density at radius 3 is 2.75 bits per heavy atom. The summed E-state index contributed by atoms with van der Waals surface area (Å²) in [5, 5.41) is 0. The molecule has 0 spiro atoms. The van der Waals surface area contributed by atoms with Crippen LogP contribution in [0.4, 0.5) is 0 Å². The van der Waals surface area contributed by atoms with Gasteiger partial charge in [0.1, 0.15) is 0 Å². The van der Waals surface area contributed by atoms with Crippen LogP contribution in [0.1, 0.15) is 26.2 Å². The molecule has 0 aromatic carbocycles. The number of hydrogen-bond donors (Lipinski definition) is 0. The molecule has 4 bridgehead atoms. The Bertz CT molecular complexity index is 199. The monoisotopic (exact) mass is 165 g/mol. The van der Waals surface area contributed by atoms with Crippen molar-refractivity contribution in [2.24, 2.45) is 23.7 Å². The zero-order valence-electron chi connectivity index (χ0n) is 8.16. The highest BCUT2D eigenvalue weighted by atomic mass is 15.2. The molecule has 2 aliphatic carbocycles. The second-order valence-corrected chi connectivity index (χ2v) is 5.29. The second-order valence-electron chi connectivity index (χ2n) is 5.29. The molecule has 0 N–H and O–H groups in total. The smallest absolute Gasteiger partial charge is 0.0149 e. The van der Waals surface area contributed by atoms with Crippen LogP contribution in [0.2, 0.25) is 0 Å². The van der Waals surface area contributed by atoms with Gasteiger partial charge in [0.15, 0.2) is 0 Å². The highest BCUT2D eigenvalue weighted by Crippen LogP contribution is 2.53. The minimum Gasteiger partial charge on any atom is -0.303 e. The van der Waals surface area contributed by atoms with Crippen molar-refractivity contribution >= 4 is 0 Å². The molecule has 1 nitrogen and oxygen atoms in total. The molecular weight excluding hydrogens is 146 g/mol. The Balaban J connectivity index is 1.97. The Hall–Kier alpha value is -0.0400. The fourth-order valence-corrected chi connectivity index (χ4v) is 4.39. The third kappa shape index (κ3) is 0.736. The molecule has 1 heterocycles. The zero-order valence-corrected chi connectivity index (χ0v) is 8.16. The molecule has 3 fully saturated rings. The minimum atomic E-state index is 0.953. The summed E-state index contributed by atoms with van der Waals surface area (Å²) in [5.74, 6) is 4.22. The van der Waals surface area contributed by atoms with Gasteiger partial charge in [-0.1, -0.05) is 6.92 Å². The Morgan fingerprint density at radius 2 is 1.92 bits per heavy atom. The average molecular weight is 165 g/mol. The lowest BCUT2D eigenvalue weighted by atomic mass is 9.73. The molecule has 2 saturated carbocycles. The van der Waals surface area contributed by atoms with Gasteiger partial charge in [-0.15, -0.1) is 0 Å². The molecule has 12 heavy (non-hydrogen) atoms. The van der Waals surface area contributed by atoms with E-state index < -0.39 is 0 Å². The van der Waals surface area contributed by atoms with Crippen LogP contribution in [-0.2, 0) is 0 Å². The largest absolute Gasteiger partial charge is 0.303 e. The van der Waals surface area contributed by atoms with Crippen molar-refractivity contribution in [1.82, 2.24) is 4.90 Å². The van der Waals surface area contributed by atoms with Gasteiger partial charge in [0.05, 0.1) is 0 Å². The van der Waals surface area contributed by atoms with Crippen LogP contribution in [0, 0.1) is 23.7 Å². The standard InChI is InChI=1S/C11H19N/c1-7-10-6-12(2)11(7)9-4-3-8(10)5-9/h7-11H,3-6H2,1-2H3. The normalized spacial score (nSPS) is 58.0. The first kappa shape index (κ1) is 7.37. The maximum atomic E-state index is 2.64. The topological polar surface area (TPSA) is 3.24 Å². The van der Waals surface area contributed by atoms with Crippen LogP contribution in [0.25, 0.3) is 0 Å². The highest BCUT2D eigenvalue weighted by molar-refractivity contribution is 5.04. The average Bonchev–Trinajstić information content (AvgIpc) is 2.48. The Labute approximate surface area is 75.1 Å². The first-order chi connectivity index (χ1) is 5.77. The van der Waals surface area contributed by atoms with Gasteiger partial charge in [-0.2, -0.15) is 0 Å². The van der Waals surface area contributed by atoms with Crippen molar-refractivity contribution in [2.45, 2.75) is 32.2 Å². The van der Waals surface area contributed by atoms with E-state index >= 15 is 0 Å². The molecule has 0 aromatic rings. The molecule has 5 atom stereocenters. The number of fused-ring (bicyclic) bond motifs is 6. The van der Waals surface area contributed by atoms with E-state index in [0.717, 1.165) is 29.7 Å². The van der Waals surface area contributed by atoms with Crippen LogP contribution < -0.4 is 0 Å². The summed E-state index contributed by atoms with van der Waals surface area (Å²) in [5.41, 5.74) is 0. The van der Waals surface area contributed by atoms with Crippen LogP contribution in [0.15, 0.2) is 0 Å². The lowest BCUT2D eigenvalue weighted by Crippen LogP contribution is -2.36. The molecule has 3 aliphatic rings. The first-order valence-electron chi connectivity index (χ1n) is 5.47. The van der Waals surface area contributed by atoms with E-state index in [1.165, 1.54) is 13.0 Å². The maximum Gasteiger partial charge on any atom is 0.0149 e. The number of likely N-dealkylation sites (tertiary alicyclic amines) is 1. The first-order valence-corrected chi connectivity index (χ1v) is 5.47. The van der Waals surface area contributed by atoms with Gasteiger partial charge in [-0.05, 0) is 50.0 Å². The third-order valence-corrected chi connectivity index (χ3v) is 4.82. The molecule has 1 saturated heterocycles. The summed E-state index contributed by atoms with van der Waals surface area (Å²) in [6.07, 6.45) is 4.63. The van der Waals surface area contributed by atoms with Crippen molar-refractivity contribution in [1.29, 1.82) is 0 Å². The van der Waals surface area contributed by atoms with Crippen molar-refractivity contribution in [2.75, 3.05) is 13.6 Å². The summed E-state index contributed by atoms with van der Waals surface area (Å²) in [7, 11) is 2.34. The number of nitrogens with zero attached hydrogens (tertiary/aromatic N) is 1. The molecule has 3 rings (SSSR count). The Kier molecular flexibility index (Phi) is 1.39. The highest BCUT2D eigenvalue weighted by Gasteiger charge is 2.52. The predicted molar refractivity (Wildman–Crippen MR) is 49.9 cm³/mol. The number of hydrogen-bond acceptors (Lipinski definition) is 1. The summed E-state index contributed by atoms with van der Waals surface area (Å²) < 4.78 is 0. The summed E-state index contributed by atoms with van der Waals surface area (Å²) in [6, 6.07) is 0.953. The van der Waals surface area contributed by atoms with Gasteiger partial charge >= 0.3 is 0 Å². The van der Waals surface area contributed by atoms with Crippen molar-refractivity contribution in [3.63, 3.8) is 0 Å². The molecule has 0 radical (unpaired) electrons. The number of rotatable bonds is 0. The maximum absolute atomic E-state index is 2.64. The van der Waals surface area contributed by atoms with Crippen LogP contribution in [0.5, 0.6) is 0 Å². The third-order valence-electron chi connectivity index (χ3n) is 4.82. The second kappa shape index (κ2) is 2.25. The van der Waals surface area contributed by atoms with Gasteiger partial charge in [-0.3, -0.25) is 0 Å². The van der Waals surface area contributed by atoms with Gasteiger partial charge < -0.3 is 4.90 Å². The fraction of sp³-hybridized carbons (Fsp3) is 1.00. The van der Waals surface area contributed by atoms with E-state index in [1.807, 2.05) is 0 Å². The molecular formula is C11H19N. The molecule has 1 aliphatic heterocycles. The van der Waals surface area contributed by atoms with E-state index in [2.05, 4.69) is 18.9 Å². The van der Waals surface area contributed by atoms with E-state index in [-0.39, 0.29) is 0 Å². The summed E-state index contributed by atoms with van der Waals surface area (Å²) in [4.78, 5) is 2.64.